The zero-order valence-corrected chi connectivity index (χ0v) is 11.3. The molecule has 1 atom stereocenters. The molecule has 0 aromatic carbocycles. The summed E-state index contributed by atoms with van der Waals surface area (Å²) >= 11 is 0. The number of halogens is 3. The van der Waals surface area contributed by atoms with Crippen LogP contribution in [-0.2, 0) is 6.18 Å². The van der Waals surface area contributed by atoms with Gasteiger partial charge in [0.25, 0.3) is 5.56 Å². The molecule has 1 aromatic heterocycles. The van der Waals surface area contributed by atoms with Gasteiger partial charge in [-0.05, 0) is 25.8 Å². The van der Waals surface area contributed by atoms with Crippen LogP contribution in [-0.4, -0.2) is 28.8 Å². The van der Waals surface area contributed by atoms with Crippen molar-refractivity contribution in [3.8, 4) is 0 Å². The second-order valence-corrected chi connectivity index (χ2v) is 4.49. The van der Waals surface area contributed by atoms with E-state index in [0.717, 1.165) is 0 Å². The highest BCUT2D eigenvalue weighted by molar-refractivity contribution is 5.89. The lowest BCUT2D eigenvalue weighted by molar-refractivity contribution is -0.137. The molecule has 0 bridgehead atoms. The van der Waals surface area contributed by atoms with Crippen LogP contribution in [0.3, 0.4) is 0 Å². The van der Waals surface area contributed by atoms with Crippen LogP contribution in [0.1, 0.15) is 25.3 Å². The van der Waals surface area contributed by atoms with Crippen LogP contribution < -0.4 is 16.2 Å². The zero-order valence-electron chi connectivity index (χ0n) is 11.3. The van der Waals surface area contributed by atoms with E-state index in [1.807, 2.05) is 4.98 Å². The lowest BCUT2D eigenvalue weighted by Gasteiger charge is -2.14. The van der Waals surface area contributed by atoms with Gasteiger partial charge in [-0.2, -0.15) is 13.2 Å². The minimum atomic E-state index is -4.62. The number of alkyl halides is 3. The van der Waals surface area contributed by atoms with E-state index in [1.54, 1.807) is 6.92 Å². The molecule has 0 saturated heterocycles. The highest BCUT2D eigenvalue weighted by Crippen LogP contribution is 2.29. The summed E-state index contributed by atoms with van der Waals surface area (Å²) in [5.74, 6) is 0. The first kappa shape index (κ1) is 17.0. The van der Waals surface area contributed by atoms with Crippen molar-refractivity contribution in [3.05, 3.63) is 28.2 Å². The number of rotatable bonds is 5. The van der Waals surface area contributed by atoms with E-state index in [9.17, 15) is 22.8 Å². The summed E-state index contributed by atoms with van der Waals surface area (Å²) in [5, 5.41) is 13.2. The Morgan fingerprint density at radius 1 is 1.48 bits per heavy atom. The first-order valence-corrected chi connectivity index (χ1v) is 6.22. The number of pyridine rings is 1. The van der Waals surface area contributed by atoms with Crippen molar-refractivity contribution >= 4 is 11.7 Å². The fraction of sp³-hybridized carbons (Fsp3) is 0.500. The molecule has 6 nitrogen and oxygen atoms in total. The lowest BCUT2D eigenvalue weighted by Crippen LogP contribution is -2.37. The van der Waals surface area contributed by atoms with E-state index in [0.29, 0.717) is 25.1 Å². The van der Waals surface area contributed by atoms with Gasteiger partial charge in [0.2, 0.25) is 0 Å². The second kappa shape index (κ2) is 7.11. The maximum Gasteiger partial charge on any atom is 0.417 e. The summed E-state index contributed by atoms with van der Waals surface area (Å²) in [6.07, 6.45) is -3.10. The number of aliphatic hydroxyl groups is 1. The summed E-state index contributed by atoms with van der Waals surface area (Å²) in [7, 11) is 0. The number of aromatic amines is 1. The van der Waals surface area contributed by atoms with Crippen molar-refractivity contribution in [1.82, 2.24) is 10.3 Å². The van der Waals surface area contributed by atoms with Crippen LogP contribution in [0.15, 0.2) is 17.1 Å². The van der Waals surface area contributed by atoms with E-state index in [2.05, 4.69) is 10.6 Å². The quantitative estimate of drug-likeness (QED) is 0.666. The Kier molecular flexibility index (Phi) is 5.77. The first-order valence-electron chi connectivity index (χ1n) is 6.22. The Morgan fingerprint density at radius 3 is 2.71 bits per heavy atom. The Morgan fingerprint density at radius 2 is 2.14 bits per heavy atom. The molecule has 0 spiro atoms. The van der Waals surface area contributed by atoms with Crippen molar-refractivity contribution < 1.29 is 23.1 Å². The summed E-state index contributed by atoms with van der Waals surface area (Å²) in [4.78, 5) is 24.9. The summed E-state index contributed by atoms with van der Waals surface area (Å²) in [6, 6.07) is -0.510. The summed E-state index contributed by atoms with van der Waals surface area (Å²) < 4.78 is 37.5. The van der Waals surface area contributed by atoms with Gasteiger partial charge in [-0.25, -0.2) is 4.79 Å². The molecule has 1 unspecified atom stereocenters. The molecule has 21 heavy (non-hydrogen) atoms. The largest absolute Gasteiger partial charge is 0.417 e. The minimum Gasteiger partial charge on any atom is -0.396 e. The Labute approximate surface area is 118 Å². The van der Waals surface area contributed by atoms with Gasteiger partial charge in [0.05, 0.1) is 5.56 Å². The maximum atomic E-state index is 12.5. The van der Waals surface area contributed by atoms with Crippen molar-refractivity contribution in [3.63, 3.8) is 0 Å². The third kappa shape index (κ3) is 5.46. The SMILES string of the molecule is CC(CCCO)NC(=O)Nc1cc(C(F)(F)F)c[nH]c1=O. The van der Waals surface area contributed by atoms with Crippen LogP contribution in [0.4, 0.5) is 23.7 Å². The maximum absolute atomic E-state index is 12.5. The predicted octanol–water partition coefficient (Wildman–Crippen LogP) is 1.68. The lowest BCUT2D eigenvalue weighted by atomic mass is 10.2. The fourth-order valence-electron chi connectivity index (χ4n) is 1.59. The summed E-state index contributed by atoms with van der Waals surface area (Å²) in [5.41, 5.74) is -2.39. The molecule has 4 N–H and O–H groups in total. The standard InChI is InChI=1S/C12H16F3N3O3/c1-7(3-2-4-19)17-11(21)18-9-5-8(12(13,14)15)6-16-10(9)20/h5-7,19H,2-4H2,1H3,(H,16,20)(H2,17,18,21). The molecule has 0 aliphatic carbocycles. The molecule has 0 radical (unpaired) electrons. The van der Waals surface area contributed by atoms with Gasteiger partial charge in [0.1, 0.15) is 5.69 Å². The number of aliphatic hydroxyl groups excluding tert-OH is 1. The van der Waals surface area contributed by atoms with Gasteiger partial charge >= 0.3 is 12.2 Å². The molecule has 0 aliphatic rings. The van der Waals surface area contributed by atoms with E-state index in [4.69, 9.17) is 5.11 Å². The van der Waals surface area contributed by atoms with Gasteiger partial charge in [-0.1, -0.05) is 0 Å². The second-order valence-electron chi connectivity index (χ2n) is 4.49. The molecular formula is C12H16F3N3O3. The highest BCUT2D eigenvalue weighted by atomic mass is 19.4. The Bertz CT molecular complexity index is 543. The molecule has 1 aromatic rings. The number of hydrogen-bond acceptors (Lipinski definition) is 3. The molecule has 2 amide bonds. The van der Waals surface area contributed by atoms with Gasteiger partial charge in [0, 0.05) is 18.8 Å². The molecule has 0 saturated carbocycles. The van der Waals surface area contributed by atoms with Crippen LogP contribution in [0.25, 0.3) is 0 Å². The van der Waals surface area contributed by atoms with Crippen LogP contribution >= 0.6 is 0 Å². The van der Waals surface area contributed by atoms with Crippen molar-refractivity contribution in [2.45, 2.75) is 32.0 Å². The highest BCUT2D eigenvalue weighted by Gasteiger charge is 2.31. The molecule has 9 heteroatoms. The average molecular weight is 307 g/mol. The van der Waals surface area contributed by atoms with Crippen LogP contribution in [0, 0.1) is 0 Å². The van der Waals surface area contributed by atoms with Crippen LogP contribution in [0.5, 0.6) is 0 Å². The van der Waals surface area contributed by atoms with Crippen molar-refractivity contribution in [2.24, 2.45) is 0 Å². The topological polar surface area (TPSA) is 94.2 Å². The number of nitrogens with one attached hydrogen (secondary N) is 3. The molecule has 1 rings (SSSR count). The number of urea groups is 1. The first-order chi connectivity index (χ1) is 9.74. The van der Waals surface area contributed by atoms with Gasteiger partial charge in [-0.15, -0.1) is 0 Å². The van der Waals surface area contributed by atoms with E-state index < -0.39 is 29.0 Å². The third-order valence-electron chi connectivity index (χ3n) is 2.65. The van der Waals surface area contributed by atoms with E-state index in [-0.39, 0.29) is 12.6 Å². The van der Waals surface area contributed by atoms with Gasteiger partial charge < -0.3 is 20.7 Å². The summed E-state index contributed by atoms with van der Waals surface area (Å²) in [6.45, 7) is 1.65. The monoisotopic (exact) mass is 307 g/mol. The Hall–Kier alpha value is -2.03. The number of amides is 2. The molecular weight excluding hydrogens is 291 g/mol. The third-order valence-corrected chi connectivity index (χ3v) is 2.65. The zero-order chi connectivity index (χ0) is 16.0. The normalized spacial score (nSPS) is 12.8. The Balaban J connectivity index is 2.74. The fourth-order valence-corrected chi connectivity index (χ4v) is 1.59. The molecule has 1 heterocycles. The minimum absolute atomic E-state index is 0.0269. The molecule has 0 aliphatic heterocycles. The molecule has 0 fully saturated rings. The van der Waals surface area contributed by atoms with E-state index in [1.165, 1.54) is 0 Å². The number of carbonyl (C=O) groups excluding carboxylic acids is 1. The molecule has 118 valence electrons. The number of aromatic nitrogens is 1. The average Bonchev–Trinajstić information content (AvgIpc) is 2.37. The number of hydrogen-bond donors (Lipinski definition) is 4. The van der Waals surface area contributed by atoms with Crippen LogP contribution in [0.2, 0.25) is 0 Å². The van der Waals surface area contributed by atoms with Gasteiger partial charge in [0.15, 0.2) is 0 Å². The predicted molar refractivity (Wildman–Crippen MR) is 70.0 cm³/mol. The van der Waals surface area contributed by atoms with Gasteiger partial charge in [-0.3, -0.25) is 4.79 Å². The van der Waals surface area contributed by atoms with Crippen molar-refractivity contribution in [1.29, 1.82) is 0 Å². The van der Waals surface area contributed by atoms with E-state index >= 15 is 0 Å². The number of anilines is 1. The number of H-pyrrole nitrogens is 1. The smallest absolute Gasteiger partial charge is 0.396 e. The van der Waals surface area contributed by atoms with Crippen molar-refractivity contribution in [2.75, 3.05) is 11.9 Å². The number of carbonyl (C=O) groups is 1.